The molecule has 2 aromatic rings. The van der Waals surface area contributed by atoms with Crippen molar-refractivity contribution >= 4 is 28.9 Å². The number of ether oxygens (including phenoxy) is 1. The van der Waals surface area contributed by atoms with Gasteiger partial charge in [-0.05, 0) is 29.5 Å². The van der Waals surface area contributed by atoms with Crippen LogP contribution in [0.3, 0.4) is 0 Å². The lowest BCUT2D eigenvalue weighted by atomic mass is 9.87. The Morgan fingerprint density at radius 3 is 2.36 bits per heavy atom. The molecule has 0 fully saturated rings. The summed E-state index contributed by atoms with van der Waals surface area (Å²) in [4.78, 5) is 17.8. The van der Waals surface area contributed by atoms with Gasteiger partial charge in [-0.3, -0.25) is 0 Å². The quantitative estimate of drug-likeness (QED) is 0.603. The molecule has 144 valence electrons. The van der Waals surface area contributed by atoms with Crippen LogP contribution in [0.1, 0.15) is 44.4 Å². The zero-order valence-corrected chi connectivity index (χ0v) is 17.5. The second-order valence-electron chi connectivity index (χ2n) is 7.55. The summed E-state index contributed by atoms with van der Waals surface area (Å²) in [5.74, 6) is -0.344. The lowest BCUT2D eigenvalue weighted by molar-refractivity contribution is -0.138. The Balaban J connectivity index is 1.96. The van der Waals surface area contributed by atoms with E-state index in [2.05, 4.69) is 50.0 Å². The molecule has 0 amide bonds. The van der Waals surface area contributed by atoms with Crippen LogP contribution in [0.25, 0.3) is 6.08 Å². The van der Waals surface area contributed by atoms with E-state index in [9.17, 15) is 4.79 Å². The molecule has 1 aliphatic rings. The van der Waals surface area contributed by atoms with Crippen LogP contribution in [0, 0.1) is 0 Å². The first kappa shape index (κ1) is 20.2. The van der Waals surface area contributed by atoms with Gasteiger partial charge in [-0.1, -0.05) is 87.1 Å². The van der Waals surface area contributed by atoms with Crippen LogP contribution in [0.5, 0.6) is 0 Å². The predicted molar refractivity (Wildman–Crippen MR) is 118 cm³/mol. The van der Waals surface area contributed by atoms with Gasteiger partial charge >= 0.3 is 5.97 Å². The molecule has 2 aromatic carbocycles. The first-order valence-corrected chi connectivity index (χ1v) is 10.2. The average Bonchev–Trinajstić information content (AvgIpc) is 2.68. The van der Waals surface area contributed by atoms with Crippen molar-refractivity contribution in [3.05, 3.63) is 88.0 Å². The van der Waals surface area contributed by atoms with Crippen molar-refractivity contribution in [2.24, 2.45) is 4.99 Å². The number of aliphatic imine (C=N–C) groups is 1. The van der Waals surface area contributed by atoms with Gasteiger partial charge in [-0.25, -0.2) is 9.79 Å². The molecule has 0 radical (unpaired) electrons. The number of carbonyl (C=O) groups is 1. The van der Waals surface area contributed by atoms with Gasteiger partial charge in [0.25, 0.3) is 0 Å². The molecule has 4 heteroatoms. The zero-order chi connectivity index (χ0) is 20.1. The lowest BCUT2D eigenvalue weighted by Gasteiger charge is -2.19. The Labute approximate surface area is 171 Å². The molecule has 0 saturated heterocycles. The minimum atomic E-state index is -0.344. The van der Waals surface area contributed by atoms with E-state index in [0.717, 1.165) is 21.1 Å². The number of benzene rings is 2. The number of carbonyl (C=O) groups excluding carboxylic acids is 1. The molecular weight excluding hydrogens is 366 g/mol. The van der Waals surface area contributed by atoms with Gasteiger partial charge in [0.15, 0.2) is 0 Å². The molecule has 1 aliphatic heterocycles. The van der Waals surface area contributed by atoms with Crippen molar-refractivity contribution in [2.45, 2.75) is 33.1 Å². The summed E-state index contributed by atoms with van der Waals surface area (Å²) in [6, 6.07) is 18.4. The molecule has 28 heavy (non-hydrogen) atoms. The largest absolute Gasteiger partial charge is 0.462 e. The van der Waals surface area contributed by atoms with E-state index < -0.39 is 0 Å². The molecule has 0 atom stereocenters. The standard InChI is InChI=1S/C24H25NO2S/c1-5-27-23(26)20-16-25-22(18-9-7-6-8-10-18)28-21(20)15-17-11-13-19(14-12-17)24(2,3)4/h6-16H,5H2,1-4H3/b21-15-. The molecule has 0 N–H and O–H groups in total. The average molecular weight is 392 g/mol. The van der Waals surface area contributed by atoms with E-state index in [-0.39, 0.29) is 11.4 Å². The minimum Gasteiger partial charge on any atom is -0.462 e. The van der Waals surface area contributed by atoms with Crippen molar-refractivity contribution in [2.75, 3.05) is 6.61 Å². The summed E-state index contributed by atoms with van der Waals surface area (Å²) in [6.07, 6.45) is 3.64. The van der Waals surface area contributed by atoms with Gasteiger partial charge in [-0.2, -0.15) is 0 Å². The maximum absolute atomic E-state index is 12.4. The van der Waals surface area contributed by atoms with E-state index in [1.165, 1.54) is 17.3 Å². The predicted octanol–water partition coefficient (Wildman–Crippen LogP) is 5.97. The van der Waals surface area contributed by atoms with Crippen LogP contribution in [0.15, 0.2) is 76.3 Å². The normalized spacial score (nSPS) is 15.8. The molecule has 0 spiro atoms. The van der Waals surface area contributed by atoms with Gasteiger partial charge in [-0.15, -0.1) is 0 Å². The maximum Gasteiger partial charge on any atom is 0.340 e. The van der Waals surface area contributed by atoms with Gasteiger partial charge < -0.3 is 4.74 Å². The molecule has 3 nitrogen and oxygen atoms in total. The fraction of sp³-hybridized carbons (Fsp3) is 0.250. The van der Waals surface area contributed by atoms with Crippen LogP contribution in [0.4, 0.5) is 0 Å². The van der Waals surface area contributed by atoms with E-state index in [0.29, 0.717) is 12.2 Å². The Hall–Kier alpha value is -2.59. The number of esters is 1. The van der Waals surface area contributed by atoms with Crippen molar-refractivity contribution in [1.82, 2.24) is 0 Å². The summed E-state index contributed by atoms with van der Waals surface area (Å²) in [5, 5.41) is 0.867. The van der Waals surface area contributed by atoms with Crippen LogP contribution >= 0.6 is 11.8 Å². The van der Waals surface area contributed by atoms with Gasteiger partial charge in [0.1, 0.15) is 5.04 Å². The van der Waals surface area contributed by atoms with Crippen molar-refractivity contribution in [3.63, 3.8) is 0 Å². The van der Waals surface area contributed by atoms with Crippen molar-refractivity contribution < 1.29 is 9.53 Å². The summed E-state index contributed by atoms with van der Waals surface area (Å²) in [7, 11) is 0. The van der Waals surface area contributed by atoms with Gasteiger partial charge in [0, 0.05) is 16.7 Å². The Bertz CT molecular complexity index is 933. The summed E-state index contributed by atoms with van der Waals surface area (Å²) < 4.78 is 5.22. The van der Waals surface area contributed by atoms with Gasteiger partial charge in [0.05, 0.1) is 12.2 Å². The van der Waals surface area contributed by atoms with Gasteiger partial charge in [0.2, 0.25) is 0 Å². The number of nitrogens with zero attached hydrogens (tertiary/aromatic N) is 1. The van der Waals surface area contributed by atoms with Crippen molar-refractivity contribution in [3.8, 4) is 0 Å². The Morgan fingerprint density at radius 2 is 1.75 bits per heavy atom. The Morgan fingerprint density at radius 1 is 1.07 bits per heavy atom. The SMILES string of the molecule is CCOC(=O)C1=CN=C(c2ccccc2)S/C1=C\c1ccc(C(C)(C)C)cc1. The topological polar surface area (TPSA) is 38.7 Å². The molecule has 0 saturated carbocycles. The van der Waals surface area contributed by atoms with E-state index in [4.69, 9.17) is 4.74 Å². The molecule has 3 rings (SSSR count). The smallest absolute Gasteiger partial charge is 0.340 e. The number of thioether (sulfide) groups is 1. The van der Waals surface area contributed by atoms with E-state index in [1.807, 2.05) is 43.3 Å². The molecule has 0 aromatic heterocycles. The third-order valence-corrected chi connectivity index (χ3v) is 5.47. The van der Waals surface area contributed by atoms with Crippen LogP contribution in [-0.4, -0.2) is 17.6 Å². The number of hydrogen-bond donors (Lipinski definition) is 0. The van der Waals surface area contributed by atoms with Crippen LogP contribution in [-0.2, 0) is 14.9 Å². The molecule has 0 aliphatic carbocycles. The number of rotatable bonds is 4. The molecular formula is C24H25NO2S. The fourth-order valence-electron chi connectivity index (χ4n) is 2.79. The third-order valence-electron chi connectivity index (χ3n) is 4.37. The van der Waals surface area contributed by atoms with E-state index in [1.54, 1.807) is 6.20 Å². The second kappa shape index (κ2) is 8.61. The minimum absolute atomic E-state index is 0.106. The highest BCUT2D eigenvalue weighted by Gasteiger charge is 2.23. The molecule has 0 bridgehead atoms. The molecule has 1 heterocycles. The molecule has 0 unspecified atom stereocenters. The summed E-state index contributed by atoms with van der Waals surface area (Å²) in [6.45, 7) is 8.73. The maximum atomic E-state index is 12.4. The highest BCUT2D eigenvalue weighted by Crippen LogP contribution is 2.35. The highest BCUT2D eigenvalue weighted by molar-refractivity contribution is 8.18. The monoisotopic (exact) mass is 391 g/mol. The van der Waals surface area contributed by atoms with Crippen LogP contribution < -0.4 is 0 Å². The number of hydrogen-bond acceptors (Lipinski definition) is 4. The second-order valence-corrected chi connectivity index (χ2v) is 8.58. The first-order valence-electron chi connectivity index (χ1n) is 9.39. The third kappa shape index (κ3) is 4.82. The van der Waals surface area contributed by atoms with E-state index >= 15 is 0 Å². The Kier molecular flexibility index (Phi) is 6.20. The van der Waals surface area contributed by atoms with Crippen molar-refractivity contribution in [1.29, 1.82) is 0 Å². The van der Waals surface area contributed by atoms with Crippen LogP contribution in [0.2, 0.25) is 0 Å². The summed E-state index contributed by atoms with van der Waals surface area (Å²) >= 11 is 1.49. The highest BCUT2D eigenvalue weighted by atomic mass is 32.2. The fourth-order valence-corrected chi connectivity index (χ4v) is 3.80. The first-order chi connectivity index (χ1) is 13.4. The lowest BCUT2D eigenvalue weighted by Crippen LogP contribution is -2.12. The summed E-state index contributed by atoms with van der Waals surface area (Å²) in [5.41, 5.74) is 3.94. The zero-order valence-electron chi connectivity index (χ0n) is 16.7.